The number of fused-ring (bicyclic) bond motifs is 1. The van der Waals surface area contributed by atoms with Crippen LogP contribution in [0.3, 0.4) is 0 Å². The minimum Gasteiger partial charge on any atom is -0.508 e. The van der Waals surface area contributed by atoms with Gasteiger partial charge in [0.15, 0.2) is 0 Å². The van der Waals surface area contributed by atoms with Crippen molar-refractivity contribution in [1.29, 1.82) is 0 Å². The van der Waals surface area contributed by atoms with Crippen molar-refractivity contribution in [2.75, 3.05) is 0 Å². The molecule has 0 saturated carbocycles. The zero-order valence-corrected chi connectivity index (χ0v) is 13.5. The molecule has 0 fully saturated rings. The molecule has 0 spiro atoms. The number of phenols is 1. The highest BCUT2D eigenvalue weighted by atomic mass is 16.3. The summed E-state index contributed by atoms with van der Waals surface area (Å²) in [5.41, 5.74) is 3.82. The molecule has 0 aromatic heterocycles. The Kier molecular flexibility index (Phi) is 4.74. The largest absolute Gasteiger partial charge is 0.508 e. The molecular formula is C18H29NO. The maximum Gasteiger partial charge on any atom is 0.120 e. The van der Waals surface area contributed by atoms with Gasteiger partial charge in [0.2, 0.25) is 0 Å². The van der Waals surface area contributed by atoms with E-state index in [1.165, 1.54) is 24.0 Å². The van der Waals surface area contributed by atoms with Crippen LogP contribution < -0.4 is 5.32 Å². The average molecular weight is 275 g/mol. The zero-order chi connectivity index (χ0) is 14.9. The van der Waals surface area contributed by atoms with Crippen molar-refractivity contribution >= 4 is 0 Å². The van der Waals surface area contributed by atoms with Crippen LogP contribution in [0.4, 0.5) is 0 Å². The van der Waals surface area contributed by atoms with Crippen LogP contribution in [0.15, 0.2) is 12.1 Å². The molecule has 2 N–H and O–H groups in total. The summed E-state index contributed by atoms with van der Waals surface area (Å²) < 4.78 is 0. The van der Waals surface area contributed by atoms with Crippen molar-refractivity contribution in [3.63, 3.8) is 0 Å². The molecule has 2 heteroatoms. The van der Waals surface area contributed by atoms with Crippen LogP contribution in [-0.4, -0.2) is 11.1 Å². The van der Waals surface area contributed by atoms with Gasteiger partial charge in [-0.3, -0.25) is 0 Å². The molecule has 0 aliphatic heterocycles. The third-order valence-electron chi connectivity index (χ3n) is 4.85. The van der Waals surface area contributed by atoms with E-state index in [0.717, 1.165) is 17.9 Å². The van der Waals surface area contributed by atoms with Crippen molar-refractivity contribution in [1.82, 2.24) is 5.32 Å². The minimum absolute atomic E-state index is 0.305. The molecule has 1 aromatic carbocycles. The van der Waals surface area contributed by atoms with Crippen LogP contribution in [0.5, 0.6) is 5.75 Å². The summed E-state index contributed by atoms with van der Waals surface area (Å²) in [7, 11) is 0. The molecule has 112 valence electrons. The first kappa shape index (κ1) is 15.4. The Balaban J connectivity index is 2.16. The standard InChI is InChI=1S/C18H29NO/c1-6-11(2)9-14(5)19-15-10-13(4)17-12(3)7-8-16(20)18(15)17/h7-8,11,13-15,19-20H,6,9-10H2,1-5H3. The predicted molar refractivity (Wildman–Crippen MR) is 85.3 cm³/mol. The zero-order valence-electron chi connectivity index (χ0n) is 13.5. The number of benzene rings is 1. The van der Waals surface area contributed by atoms with Crippen molar-refractivity contribution in [3.05, 3.63) is 28.8 Å². The fourth-order valence-corrected chi connectivity index (χ4v) is 3.68. The van der Waals surface area contributed by atoms with Gasteiger partial charge in [0.25, 0.3) is 0 Å². The summed E-state index contributed by atoms with van der Waals surface area (Å²) in [6, 6.07) is 4.68. The van der Waals surface area contributed by atoms with Crippen LogP contribution >= 0.6 is 0 Å². The Morgan fingerprint density at radius 3 is 2.65 bits per heavy atom. The average Bonchev–Trinajstić information content (AvgIpc) is 2.71. The Labute approximate surface area is 123 Å². The second kappa shape index (κ2) is 6.17. The molecule has 20 heavy (non-hydrogen) atoms. The number of aryl methyl sites for hydroxylation is 1. The van der Waals surface area contributed by atoms with E-state index in [-0.39, 0.29) is 0 Å². The summed E-state index contributed by atoms with van der Waals surface area (Å²) in [6.07, 6.45) is 3.52. The van der Waals surface area contributed by atoms with Gasteiger partial charge in [-0.2, -0.15) is 0 Å². The number of nitrogens with one attached hydrogen (secondary N) is 1. The number of hydrogen-bond acceptors (Lipinski definition) is 2. The third-order valence-corrected chi connectivity index (χ3v) is 4.85. The summed E-state index contributed by atoms with van der Waals surface area (Å²) in [4.78, 5) is 0. The molecular weight excluding hydrogens is 246 g/mol. The van der Waals surface area contributed by atoms with Gasteiger partial charge in [-0.05, 0) is 55.7 Å². The number of aromatic hydroxyl groups is 1. The molecule has 1 aromatic rings. The van der Waals surface area contributed by atoms with Gasteiger partial charge < -0.3 is 10.4 Å². The van der Waals surface area contributed by atoms with Crippen molar-refractivity contribution in [3.8, 4) is 5.75 Å². The first-order chi connectivity index (χ1) is 9.43. The van der Waals surface area contributed by atoms with E-state index in [4.69, 9.17) is 0 Å². The fraction of sp³-hybridized carbons (Fsp3) is 0.667. The summed E-state index contributed by atoms with van der Waals surface area (Å²) in [5.74, 6) is 1.75. The first-order valence-electron chi connectivity index (χ1n) is 8.02. The SMILES string of the molecule is CCC(C)CC(C)NC1CC(C)c2c(C)ccc(O)c21. The predicted octanol–water partition coefficient (Wildman–Crippen LogP) is 4.66. The molecule has 0 radical (unpaired) electrons. The molecule has 2 rings (SSSR count). The number of rotatable bonds is 5. The van der Waals surface area contributed by atoms with E-state index in [1.807, 2.05) is 12.1 Å². The molecule has 0 bridgehead atoms. The first-order valence-corrected chi connectivity index (χ1v) is 8.02. The van der Waals surface area contributed by atoms with Gasteiger partial charge in [0.05, 0.1) is 0 Å². The molecule has 1 aliphatic carbocycles. The lowest BCUT2D eigenvalue weighted by Gasteiger charge is -2.23. The van der Waals surface area contributed by atoms with Gasteiger partial charge in [0.1, 0.15) is 5.75 Å². The van der Waals surface area contributed by atoms with E-state index in [1.54, 1.807) is 0 Å². The van der Waals surface area contributed by atoms with E-state index >= 15 is 0 Å². The lowest BCUT2D eigenvalue weighted by atomic mass is 9.97. The monoisotopic (exact) mass is 275 g/mol. The molecule has 2 nitrogen and oxygen atoms in total. The van der Waals surface area contributed by atoms with Gasteiger partial charge in [-0.15, -0.1) is 0 Å². The Morgan fingerprint density at radius 1 is 1.30 bits per heavy atom. The van der Waals surface area contributed by atoms with E-state index in [0.29, 0.717) is 23.8 Å². The fourth-order valence-electron chi connectivity index (χ4n) is 3.68. The van der Waals surface area contributed by atoms with Crippen LogP contribution in [0.25, 0.3) is 0 Å². The molecule has 4 unspecified atom stereocenters. The topological polar surface area (TPSA) is 32.3 Å². The van der Waals surface area contributed by atoms with Gasteiger partial charge in [0, 0.05) is 17.6 Å². The van der Waals surface area contributed by atoms with E-state index in [2.05, 4.69) is 39.9 Å². The number of hydrogen-bond donors (Lipinski definition) is 2. The van der Waals surface area contributed by atoms with Gasteiger partial charge in [-0.25, -0.2) is 0 Å². The summed E-state index contributed by atoms with van der Waals surface area (Å²) in [6.45, 7) is 11.2. The maximum absolute atomic E-state index is 10.2. The Bertz CT molecular complexity index is 469. The normalized spacial score (nSPS) is 24.4. The molecule has 4 atom stereocenters. The smallest absolute Gasteiger partial charge is 0.120 e. The lowest BCUT2D eigenvalue weighted by Crippen LogP contribution is -2.31. The highest BCUT2D eigenvalue weighted by molar-refractivity contribution is 5.50. The van der Waals surface area contributed by atoms with Crippen molar-refractivity contribution in [2.24, 2.45) is 5.92 Å². The van der Waals surface area contributed by atoms with E-state index < -0.39 is 0 Å². The lowest BCUT2D eigenvalue weighted by molar-refractivity contribution is 0.363. The van der Waals surface area contributed by atoms with Crippen molar-refractivity contribution in [2.45, 2.75) is 71.9 Å². The van der Waals surface area contributed by atoms with Crippen LogP contribution in [0.1, 0.15) is 75.6 Å². The van der Waals surface area contributed by atoms with E-state index in [9.17, 15) is 5.11 Å². The minimum atomic E-state index is 0.305. The quantitative estimate of drug-likeness (QED) is 0.819. The van der Waals surface area contributed by atoms with Crippen LogP contribution in [-0.2, 0) is 0 Å². The summed E-state index contributed by atoms with van der Waals surface area (Å²) in [5, 5.41) is 14.0. The number of phenolic OH excluding ortho intramolecular Hbond substituents is 1. The Morgan fingerprint density at radius 2 is 2.00 bits per heavy atom. The molecule has 0 saturated heterocycles. The summed E-state index contributed by atoms with van der Waals surface area (Å²) >= 11 is 0. The van der Waals surface area contributed by atoms with Gasteiger partial charge >= 0.3 is 0 Å². The second-order valence-electron chi connectivity index (χ2n) is 6.74. The molecule has 1 aliphatic rings. The molecule has 0 heterocycles. The third kappa shape index (κ3) is 3.01. The van der Waals surface area contributed by atoms with Crippen LogP contribution in [0.2, 0.25) is 0 Å². The molecule has 0 amide bonds. The highest BCUT2D eigenvalue weighted by Gasteiger charge is 2.32. The van der Waals surface area contributed by atoms with Crippen LogP contribution in [0, 0.1) is 12.8 Å². The maximum atomic E-state index is 10.2. The highest BCUT2D eigenvalue weighted by Crippen LogP contribution is 2.46. The Hall–Kier alpha value is -1.02. The second-order valence-corrected chi connectivity index (χ2v) is 6.74. The van der Waals surface area contributed by atoms with Crippen molar-refractivity contribution < 1.29 is 5.11 Å². The van der Waals surface area contributed by atoms with Gasteiger partial charge in [-0.1, -0.05) is 33.3 Å².